The summed E-state index contributed by atoms with van der Waals surface area (Å²) >= 11 is 6.79. The maximum atomic E-state index is 13.5. The number of carbonyl (C=O) groups is 1. The largest absolute Gasteiger partial charge is 0.481 e. The summed E-state index contributed by atoms with van der Waals surface area (Å²) in [7, 11) is 2.02. The van der Waals surface area contributed by atoms with Gasteiger partial charge >= 0.3 is 5.97 Å². The van der Waals surface area contributed by atoms with Crippen LogP contribution in [-0.2, 0) is 14.3 Å². The maximum absolute atomic E-state index is 13.5. The molecule has 1 aliphatic heterocycles. The summed E-state index contributed by atoms with van der Waals surface area (Å²) in [4.78, 5) is 17.8. The van der Waals surface area contributed by atoms with E-state index in [1.54, 1.807) is 6.33 Å². The number of fused-ring (bicyclic) bond motifs is 3. The fraction of sp³-hybridized carbons (Fsp3) is 0.872. The number of nitrogens with one attached hydrogen (secondary N) is 1. The number of carboxylic acid groups (broad SMARTS) is 1. The molecule has 8 nitrogen and oxygen atoms in total. The third-order valence-electron chi connectivity index (χ3n) is 16.3. The molecule has 1 unspecified atom stereocenters. The molecule has 0 radical (unpaired) electrons. The van der Waals surface area contributed by atoms with E-state index in [1.165, 1.54) is 5.57 Å². The van der Waals surface area contributed by atoms with E-state index < -0.39 is 11.9 Å². The lowest BCUT2D eigenvalue weighted by Gasteiger charge is -2.71. The van der Waals surface area contributed by atoms with Crippen LogP contribution in [0.25, 0.3) is 0 Å². The van der Waals surface area contributed by atoms with E-state index in [0.717, 1.165) is 38.5 Å². The molecule has 5 aliphatic rings. The molecule has 0 amide bonds. The third kappa shape index (κ3) is 4.87. The molecular weight excluding hydrogens is 624 g/mol. The Morgan fingerprint density at radius 1 is 1.15 bits per heavy atom. The van der Waals surface area contributed by atoms with Crippen LogP contribution in [0.4, 0.5) is 0 Å². The fourth-order valence-electron chi connectivity index (χ4n) is 12.4. The number of likely N-dealkylation sites (N-methyl/N-ethyl adjacent to an activating group) is 1. The van der Waals surface area contributed by atoms with Gasteiger partial charge in [-0.3, -0.25) is 4.79 Å². The summed E-state index contributed by atoms with van der Waals surface area (Å²) in [5, 5.41) is 19.7. The van der Waals surface area contributed by atoms with Crippen molar-refractivity contribution in [2.24, 2.45) is 62.6 Å². The van der Waals surface area contributed by atoms with Crippen LogP contribution in [-0.4, -0.2) is 64.4 Å². The number of allylic oxidation sites excluding steroid dienone is 1. The second kappa shape index (κ2) is 12.1. The van der Waals surface area contributed by atoms with Crippen molar-refractivity contribution in [1.29, 1.82) is 0 Å². The first kappa shape index (κ1) is 36.3. The molecule has 0 aromatic carbocycles. The van der Waals surface area contributed by atoms with E-state index in [1.807, 2.05) is 11.7 Å². The van der Waals surface area contributed by atoms with Gasteiger partial charge in [0.25, 0.3) is 0 Å². The highest BCUT2D eigenvalue weighted by Gasteiger charge is 2.72. The van der Waals surface area contributed by atoms with Crippen molar-refractivity contribution in [2.75, 3.05) is 26.9 Å². The van der Waals surface area contributed by atoms with Gasteiger partial charge in [0.1, 0.15) is 6.33 Å². The van der Waals surface area contributed by atoms with Crippen molar-refractivity contribution < 1.29 is 19.4 Å². The van der Waals surface area contributed by atoms with Crippen molar-refractivity contribution in [2.45, 2.75) is 125 Å². The van der Waals surface area contributed by atoms with Gasteiger partial charge in [0.15, 0.2) is 0 Å². The molecule has 9 heteroatoms. The molecule has 270 valence electrons. The monoisotopic (exact) mass is 686 g/mol. The van der Waals surface area contributed by atoms with Crippen LogP contribution in [0.3, 0.4) is 0 Å². The summed E-state index contributed by atoms with van der Waals surface area (Å²) in [5.74, 6) is 0.771. The molecule has 48 heavy (non-hydrogen) atoms. The SMILES string of the molecule is CN[C@@](C)(CO[C@H]1[C@H](n2ncnc2Cl)CC23COC[C@@]1(C)[C@@H]2CC[C@H]1C3=CC[C@@]2(C)[C@H](C(=O)O)[C@@](C)([C@H](C)C(C)C)CC[C@]12C)C(C)C. The molecule has 3 saturated carbocycles. The van der Waals surface area contributed by atoms with Gasteiger partial charge in [0, 0.05) is 16.4 Å². The van der Waals surface area contributed by atoms with Crippen LogP contribution in [0.15, 0.2) is 18.0 Å². The number of carboxylic acids is 1. The quantitative estimate of drug-likeness (QED) is 0.254. The Bertz CT molecular complexity index is 1430. The van der Waals surface area contributed by atoms with Crippen LogP contribution in [0, 0.1) is 62.6 Å². The molecule has 1 saturated heterocycles. The van der Waals surface area contributed by atoms with Crippen molar-refractivity contribution in [3.05, 3.63) is 23.3 Å². The summed E-state index contributed by atoms with van der Waals surface area (Å²) in [6, 6.07) is -0.104. The molecule has 6 rings (SSSR count). The number of aliphatic carboxylic acids is 1. The maximum Gasteiger partial charge on any atom is 0.307 e. The topological polar surface area (TPSA) is 98.5 Å². The lowest BCUT2D eigenvalue weighted by molar-refractivity contribution is -0.253. The zero-order valence-electron chi connectivity index (χ0n) is 31.5. The first-order valence-electron chi connectivity index (χ1n) is 18.7. The molecule has 0 spiro atoms. The highest BCUT2D eigenvalue weighted by Crippen LogP contribution is 2.75. The Hall–Kier alpha value is -1.48. The van der Waals surface area contributed by atoms with E-state index in [-0.39, 0.29) is 44.8 Å². The van der Waals surface area contributed by atoms with Crippen LogP contribution >= 0.6 is 11.6 Å². The minimum Gasteiger partial charge on any atom is -0.481 e. The Labute approximate surface area is 294 Å². The van der Waals surface area contributed by atoms with Crippen molar-refractivity contribution in [3.63, 3.8) is 0 Å². The predicted octanol–water partition coefficient (Wildman–Crippen LogP) is 8.08. The molecule has 2 N–H and O–H groups in total. The van der Waals surface area contributed by atoms with Crippen LogP contribution < -0.4 is 5.32 Å². The van der Waals surface area contributed by atoms with Gasteiger partial charge in [0.05, 0.1) is 37.9 Å². The highest BCUT2D eigenvalue weighted by atomic mass is 35.5. The third-order valence-corrected chi connectivity index (χ3v) is 16.6. The Kier molecular flexibility index (Phi) is 9.12. The molecule has 4 fully saturated rings. The minimum atomic E-state index is -0.621. The van der Waals surface area contributed by atoms with Gasteiger partial charge < -0.3 is 19.9 Å². The average Bonchev–Trinajstić information content (AvgIpc) is 3.45. The van der Waals surface area contributed by atoms with E-state index in [2.05, 4.69) is 85.6 Å². The molecule has 1 aromatic rings. The second-order valence-electron chi connectivity index (χ2n) is 18.6. The van der Waals surface area contributed by atoms with Gasteiger partial charge in [-0.15, -0.1) is 0 Å². The number of aromatic nitrogens is 3. The van der Waals surface area contributed by atoms with Gasteiger partial charge in [-0.1, -0.05) is 74.0 Å². The van der Waals surface area contributed by atoms with E-state index in [4.69, 9.17) is 26.2 Å². The first-order chi connectivity index (χ1) is 22.4. The number of rotatable bonds is 9. The van der Waals surface area contributed by atoms with E-state index in [0.29, 0.717) is 54.7 Å². The second-order valence-corrected chi connectivity index (χ2v) is 19.0. The van der Waals surface area contributed by atoms with Gasteiger partial charge in [-0.05, 0) is 110 Å². The molecule has 4 aliphatic carbocycles. The molecular formula is C39H63ClN4O4. The van der Waals surface area contributed by atoms with Crippen LogP contribution in [0.2, 0.25) is 5.28 Å². The van der Waals surface area contributed by atoms with Gasteiger partial charge in [-0.25, -0.2) is 9.67 Å². The standard InChI is InChI=1S/C39H63ClN4O4/c1-23(2)25(5)34(6)16-17-36(8)26-12-13-29-35(7)19-47-21-39(29,27(26)14-15-37(36,9)30(34)32(45)46)18-28(44-33(40)42-22-43-44)31(35)48-20-38(10,41-11)24(3)4/h14,22-26,28-31,41H,12-13,15-21H2,1-11H3,(H,45,46)/t25-,26+,28-,29+,30-,31+,34-,35+,36-,37+,38+,39?/m1/s1. The number of hydrogen-bond donors (Lipinski definition) is 2. The number of ether oxygens (including phenoxy) is 2. The lowest BCUT2D eigenvalue weighted by atomic mass is 9.34. The fourth-order valence-corrected chi connectivity index (χ4v) is 12.6. The number of nitrogens with zero attached hydrogens (tertiary/aromatic N) is 3. The molecule has 1 aromatic heterocycles. The highest BCUT2D eigenvalue weighted by molar-refractivity contribution is 6.28. The lowest BCUT2D eigenvalue weighted by Crippen LogP contribution is -2.69. The molecule has 12 atom stereocenters. The van der Waals surface area contributed by atoms with Crippen LogP contribution in [0.5, 0.6) is 0 Å². The Morgan fingerprint density at radius 3 is 2.44 bits per heavy atom. The van der Waals surface area contributed by atoms with E-state index in [9.17, 15) is 9.90 Å². The zero-order chi connectivity index (χ0) is 35.2. The minimum absolute atomic E-state index is 0.104. The Morgan fingerprint density at radius 2 is 1.85 bits per heavy atom. The zero-order valence-corrected chi connectivity index (χ0v) is 32.3. The molecule has 2 heterocycles. The number of halogens is 1. The summed E-state index contributed by atoms with van der Waals surface area (Å²) in [5.41, 5.74) is 0.105. The smallest absolute Gasteiger partial charge is 0.307 e. The van der Waals surface area contributed by atoms with Crippen molar-refractivity contribution in [1.82, 2.24) is 20.1 Å². The van der Waals surface area contributed by atoms with Gasteiger partial charge in [0.2, 0.25) is 5.28 Å². The summed E-state index contributed by atoms with van der Waals surface area (Å²) in [6.07, 6.45) is 9.64. The number of hydrogen-bond acceptors (Lipinski definition) is 6. The first-order valence-corrected chi connectivity index (χ1v) is 19.1. The Balaban J connectivity index is 1.45. The normalized spacial score (nSPS) is 44.3. The van der Waals surface area contributed by atoms with Gasteiger partial charge in [-0.2, -0.15) is 5.10 Å². The average molecular weight is 687 g/mol. The van der Waals surface area contributed by atoms with Crippen molar-refractivity contribution in [3.8, 4) is 0 Å². The predicted molar refractivity (Wildman–Crippen MR) is 190 cm³/mol. The van der Waals surface area contributed by atoms with E-state index >= 15 is 0 Å². The summed E-state index contributed by atoms with van der Waals surface area (Å²) < 4.78 is 15.7. The van der Waals surface area contributed by atoms with Crippen molar-refractivity contribution >= 4 is 17.6 Å². The van der Waals surface area contributed by atoms with Crippen LogP contribution in [0.1, 0.15) is 114 Å². The summed E-state index contributed by atoms with van der Waals surface area (Å²) in [6.45, 7) is 24.8. The molecule has 2 bridgehead atoms.